The van der Waals surface area contributed by atoms with Gasteiger partial charge in [-0.05, 0) is 86.6 Å². The van der Waals surface area contributed by atoms with Crippen molar-refractivity contribution in [2.75, 3.05) is 0 Å². The van der Waals surface area contributed by atoms with E-state index in [2.05, 4.69) is 16.4 Å². The highest BCUT2D eigenvalue weighted by molar-refractivity contribution is 5.95. The number of nitrogens with zero attached hydrogens (tertiary/aromatic N) is 1. The molecule has 6 rings (SSSR count). The van der Waals surface area contributed by atoms with Gasteiger partial charge in [-0.2, -0.15) is 0 Å². The maximum absolute atomic E-state index is 12.8. The average Bonchev–Trinajstić information content (AvgIpc) is 3.30. The van der Waals surface area contributed by atoms with Crippen LogP contribution in [0.5, 0.6) is 0 Å². The third-order valence-electron chi connectivity index (χ3n) is 8.79. The zero-order chi connectivity index (χ0) is 23.8. The van der Waals surface area contributed by atoms with Crippen molar-refractivity contribution in [1.29, 1.82) is 0 Å². The van der Waals surface area contributed by atoms with Crippen molar-refractivity contribution < 1.29 is 9.59 Å². The normalized spacial score (nSPS) is 24.5. The fourth-order valence-electron chi connectivity index (χ4n) is 6.48. The predicted molar refractivity (Wildman–Crippen MR) is 138 cm³/mol. The first-order valence-corrected chi connectivity index (χ1v) is 13.5. The lowest BCUT2D eigenvalue weighted by Crippen LogP contribution is -2.43. The molecule has 0 bridgehead atoms. The molecule has 1 aromatic heterocycles. The summed E-state index contributed by atoms with van der Waals surface area (Å²) in [7, 11) is 0. The molecule has 3 aromatic rings. The van der Waals surface area contributed by atoms with E-state index < -0.39 is 0 Å². The number of benzene rings is 2. The molecule has 0 radical (unpaired) electrons. The largest absolute Gasteiger partial charge is 0.349 e. The number of amides is 1. The zero-order valence-corrected chi connectivity index (χ0v) is 20.4. The Morgan fingerprint density at radius 1 is 0.886 bits per heavy atom. The van der Waals surface area contributed by atoms with Gasteiger partial charge in [0, 0.05) is 29.5 Å². The number of carbonyl (C=O) groups excluding carboxylic acids is 2. The van der Waals surface area contributed by atoms with E-state index in [4.69, 9.17) is 4.98 Å². The molecule has 0 spiro atoms. The number of H-pyrrole nitrogens is 1. The number of aromatic nitrogens is 2. The van der Waals surface area contributed by atoms with Crippen molar-refractivity contribution in [1.82, 2.24) is 15.3 Å². The summed E-state index contributed by atoms with van der Waals surface area (Å²) in [5.41, 5.74) is 4.53. The standard InChI is InChI=1S/C30H35N3O2/c34-28(21-4-2-1-3-5-21)17-19-6-15-26-27(16-19)33-29(32-26)22-8-10-23(11-9-22)30(35)31-25-14-13-20-7-12-24(20)18-25/h6,8-11,15-16,20-21,24-25H,1-5,7,12-14,17-18H2,(H,31,35)(H,32,33). The van der Waals surface area contributed by atoms with Crippen molar-refractivity contribution in [3.8, 4) is 11.4 Å². The Hall–Kier alpha value is -2.95. The van der Waals surface area contributed by atoms with E-state index in [1.165, 1.54) is 38.5 Å². The monoisotopic (exact) mass is 469 g/mol. The van der Waals surface area contributed by atoms with Crippen molar-refractivity contribution >= 4 is 22.7 Å². The first kappa shape index (κ1) is 22.5. The van der Waals surface area contributed by atoms with E-state index in [1.807, 2.05) is 36.4 Å². The van der Waals surface area contributed by atoms with Gasteiger partial charge >= 0.3 is 0 Å². The molecule has 1 amide bonds. The topological polar surface area (TPSA) is 74.8 Å². The molecule has 3 aliphatic carbocycles. The number of fused-ring (bicyclic) bond motifs is 2. The Morgan fingerprint density at radius 2 is 1.66 bits per heavy atom. The van der Waals surface area contributed by atoms with Crippen LogP contribution in [0.25, 0.3) is 22.4 Å². The second kappa shape index (κ2) is 9.60. The third kappa shape index (κ3) is 4.78. The van der Waals surface area contributed by atoms with Gasteiger partial charge in [0.2, 0.25) is 0 Å². The van der Waals surface area contributed by atoms with Crippen LogP contribution in [0.4, 0.5) is 0 Å². The van der Waals surface area contributed by atoms with Crippen LogP contribution in [-0.4, -0.2) is 27.7 Å². The van der Waals surface area contributed by atoms with Gasteiger partial charge in [-0.1, -0.05) is 37.5 Å². The summed E-state index contributed by atoms with van der Waals surface area (Å²) in [4.78, 5) is 33.7. The number of carbonyl (C=O) groups is 2. The first-order chi connectivity index (χ1) is 17.1. The van der Waals surface area contributed by atoms with Crippen molar-refractivity contribution in [2.45, 2.75) is 76.7 Å². The smallest absolute Gasteiger partial charge is 0.251 e. The van der Waals surface area contributed by atoms with Crippen LogP contribution in [0.1, 0.15) is 80.1 Å². The summed E-state index contributed by atoms with van der Waals surface area (Å²) in [6, 6.07) is 14.1. The summed E-state index contributed by atoms with van der Waals surface area (Å²) < 4.78 is 0. The number of aromatic amines is 1. The van der Waals surface area contributed by atoms with E-state index in [0.717, 1.165) is 65.5 Å². The molecular formula is C30H35N3O2. The minimum atomic E-state index is 0.0243. The van der Waals surface area contributed by atoms with Crippen LogP contribution < -0.4 is 5.32 Å². The Kier molecular flexibility index (Phi) is 6.17. The van der Waals surface area contributed by atoms with Gasteiger partial charge in [-0.25, -0.2) is 4.98 Å². The van der Waals surface area contributed by atoms with Crippen LogP contribution >= 0.6 is 0 Å². The highest BCUT2D eigenvalue weighted by Gasteiger charge is 2.37. The Labute approximate surface area is 207 Å². The van der Waals surface area contributed by atoms with E-state index in [0.29, 0.717) is 23.8 Å². The predicted octanol–water partition coefficient (Wildman–Crippen LogP) is 6.23. The van der Waals surface area contributed by atoms with E-state index in [1.54, 1.807) is 0 Å². The Bertz CT molecular complexity index is 1220. The zero-order valence-electron chi connectivity index (χ0n) is 20.4. The van der Waals surface area contributed by atoms with Crippen molar-refractivity contribution in [3.05, 3.63) is 53.6 Å². The van der Waals surface area contributed by atoms with Gasteiger partial charge in [0.05, 0.1) is 11.0 Å². The maximum Gasteiger partial charge on any atom is 0.251 e. The fraction of sp³-hybridized carbons (Fsp3) is 0.500. The molecule has 3 atom stereocenters. The second-order valence-corrected chi connectivity index (χ2v) is 11.1. The van der Waals surface area contributed by atoms with Crippen molar-refractivity contribution in [2.24, 2.45) is 17.8 Å². The molecular weight excluding hydrogens is 434 g/mol. The lowest BCUT2D eigenvalue weighted by molar-refractivity contribution is -0.123. The minimum absolute atomic E-state index is 0.0243. The maximum atomic E-state index is 12.8. The van der Waals surface area contributed by atoms with Crippen LogP contribution in [-0.2, 0) is 11.2 Å². The molecule has 182 valence electrons. The summed E-state index contributed by atoms with van der Waals surface area (Å²) in [5.74, 6) is 3.16. The van der Waals surface area contributed by atoms with E-state index in [9.17, 15) is 9.59 Å². The number of nitrogens with one attached hydrogen (secondary N) is 2. The van der Waals surface area contributed by atoms with Crippen LogP contribution in [0, 0.1) is 17.8 Å². The Balaban J connectivity index is 1.11. The molecule has 5 heteroatoms. The number of Topliss-reactive ketones (excluding diaryl/α,β-unsaturated/α-hetero) is 1. The van der Waals surface area contributed by atoms with Crippen molar-refractivity contribution in [3.63, 3.8) is 0 Å². The van der Waals surface area contributed by atoms with Crippen LogP contribution in [0.15, 0.2) is 42.5 Å². The van der Waals surface area contributed by atoms with Crippen LogP contribution in [0.2, 0.25) is 0 Å². The lowest BCUT2D eigenvalue weighted by Gasteiger charge is -2.44. The number of hydrogen-bond acceptors (Lipinski definition) is 3. The molecule has 3 aliphatic rings. The van der Waals surface area contributed by atoms with Gasteiger partial charge in [-0.15, -0.1) is 0 Å². The second-order valence-electron chi connectivity index (χ2n) is 11.1. The number of rotatable bonds is 6. The van der Waals surface area contributed by atoms with Crippen LogP contribution in [0.3, 0.4) is 0 Å². The summed E-state index contributed by atoms with van der Waals surface area (Å²) >= 11 is 0. The summed E-state index contributed by atoms with van der Waals surface area (Å²) in [6.07, 6.45) is 12.5. The first-order valence-electron chi connectivity index (χ1n) is 13.5. The van der Waals surface area contributed by atoms with E-state index >= 15 is 0 Å². The van der Waals surface area contributed by atoms with Gasteiger partial charge in [0.1, 0.15) is 11.6 Å². The molecule has 35 heavy (non-hydrogen) atoms. The summed E-state index contributed by atoms with van der Waals surface area (Å²) in [6.45, 7) is 0. The molecule has 5 nitrogen and oxygen atoms in total. The molecule has 3 unspecified atom stereocenters. The van der Waals surface area contributed by atoms with Gasteiger partial charge in [0.25, 0.3) is 5.91 Å². The average molecular weight is 470 g/mol. The third-order valence-corrected chi connectivity index (χ3v) is 8.79. The fourth-order valence-corrected chi connectivity index (χ4v) is 6.48. The van der Waals surface area contributed by atoms with Gasteiger partial charge < -0.3 is 10.3 Å². The van der Waals surface area contributed by atoms with E-state index in [-0.39, 0.29) is 11.8 Å². The molecule has 2 aromatic carbocycles. The van der Waals surface area contributed by atoms with Gasteiger partial charge in [0.15, 0.2) is 0 Å². The highest BCUT2D eigenvalue weighted by Crippen LogP contribution is 2.44. The number of ketones is 1. The minimum Gasteiger partial charge on any atom is -0.349 e. The number of imidazole rings is 1. The molecule has 3 fully saturated rings. The van der Waals surface area contributed by atoms with Gasteiger partial charge in [-0.3, -0.25) is 9.59 Å². The summed E-state index contributed by atoms with van der Waals surface area (Å²) in [5, 5.41) is 3.26. The highest BCUT2D eigenvalue weighted by atomic mass is 16.1. The molecule has 1 heterocycles. The lowest BCUT2D eigenvalue weighted by atomic mass is 9.64. The molecule has 2 N–H and O–H groups in total. The number of hydrogen-bond donors (Lipinski definition) is 2. The molecule has 3 saturated carbocycles. The quantitative estimate of drug-likeness (QED) is 0.449. The Morgan fingerprint density at radius 3 is 2.40 bits per heavy atom. The SMILES string of the molecule is O=C(NC1CCC2CCC2C1)c1ccc(-c2nc3ccc(CC(=O)C4CCCCC4)cc3[nH]2)cc1. The molecule has 0 saturated heterocycles. The molecule has 0 aliphatic heterocycles.